The SMILES string of the molecule is CSNC1CCCN(C(=O)C2CC2c2ccccc2-c2ccc(C)cc2)C1. The molecule has 0 spiro atoms. The third-order valence-electron chi connectivity index (χ3n) is 5.85. The predicted molar refractivity (Wildman–Crippen MR) is 114 cm³/mol. The Hall–Kier alpha value is -1.78. The lowest BCUT2D eigenvalue weighted by Crippen LogP contribution is -2.46. The molecule has 0 aromatic heterocycles. The van der Waals surface area contributed by atoms with Crippen molar-refractivity contribution in [2.45, 2.75) is 38.1 Å². The van der Waals surface area contributed by atoms with Crippen LogP contribution in [0.25, 0.3) is 11.1 Å². The highest BCUT2D eigenvalue weighted by Crippen LogP contribution is 2.51. The van der Waals surface area contributed by atoms with Crippen LogP contribution in [0.2, 0.25) is 0 Å². The van der Waals surface area contributed by atoms with Gasteiger partial charge in [-0.25, -0.2) is 0 Å². The van der Waals surface area contributed by atoms with Gasteiger partial charge in [-0.3, -0.25) is 9.52 Å². The molecule has 3 unspecified atom stereocenters. The highest BCUT2D eigenvalue weighted by Gasteiger charge is 2.47. The normalized spacial score (nSPS) is 24.7. The van der Waals surface area contributed by atoms with E-state index in [0.717, 1.165) is 32.4 Å². The molecule has 4 heteroatoms. The molecule has 142 valence electrons. The molecule has 2 fully saturated rings. The second-order valence-corrected chi connectivity index (χ2v) is 8.49. The van der Waals surface area contributed by atoms with Gasteiger partial charge >= 0.3 is 0 Å². The van der Waals surface area contributed by atoms with Crippen LogP contribution in [0, 0.1) is 12.8 Å². The Morgan fingerprint density at radius 1 is 1.15 bits per heavy atom. The summed E-state index contributed by atoms with van der Waals surface area (Å²) in [5, 5.41) is 0. The van der Waals surface area contributed by atoms with Crippen molar-refractivity contribution in [2.75, 3.05) is 19.3 Å². The number of amides is 1. The highest BCUT2D eigenvalue weighted by molar-refractivity contribution is 7.96. The Kier molecular flexibility index (Phi) is 5.55. The van der Waals surface area contributed by atoms with Crippen LogP contribution in [0.15, 0.2) is 48.5 Å². The van der Waals surface area contributed by atoms with Crippen LogP contribution in [-0.2, 0) is 4.79 Å². The van der Waals surface area contributed by atoms with E-state index in [1.807, 2.05) is 0 Å². The van der Waals surface area contributed by atoms with E-state index in [0.29, 0.717) is 17.9 Å². The van der Waals surface area contributed by atoms with E-state index < -0.39 is 0 Å². The zero-order chi connectivity index (χ0) is 18.8. The number of likely N-dealkylation sites (tertiary alicyclic amines) is 1. The molecule has 1 saturated heterocycles. The van der Waals surface area contributed by atoms with Gasteiger partial charge in [-0.2, -0.15) is 0 Å². The number of benzene rings is 2. The summed E-state index contributed by atoms with van der Waals surface area (Å²) in [7, 11) is 0. The molecule has 2 aromatic carbocycles. The first-order valence-electron chi connectivity index (χ1n) is 9.90. The Morgan fingerprint density at radius 3 is 2.70 bits per heavy atom. The number of hydrogen-bond donors (Lipinski definition) is 1. The van der Waals surface area contributed by atoms with Crippen LogP contribution >= 0.6 is 11.9 Å². The van der Waals surface area contributed by atoms with Crippen molar-refractivity contribution in [3.05, 3.63) is 59.7 Å². The Bertz CT molecular complexity index is 802. The summed E-state index contributed by atoms with van der Waals surface area (Å²) in [6, 6.07) is 17.7. The molecule has 0 bridgehead atoms. The lowest BCUT2D eigenvalue weighted by atomic mass is 9.95. The van der Waals surface area contributed by atoms with Gasteiger partial charge in [0.15, 0.2) is 0 Å². The smallest absolute Gasteiger partial charge is 0.226 e. The third kappa shape index (κ3) is 4.07. The summed E-state index contributed by atoms with van der Waals surface area (Å²) < 4.78 is 3.43. The number of nitrogens with one attached hydrogen (secondary N) is 1. The van der Waals surface area contributed by atoms with Crippen molar-refractivity contribution in [3.8, 4) is 11.1 Å². The number of nitrogens with zero attached hydrogens (tertiary/aromatic N) is 1. The van der Waals surface area contributed by atoms with Gasteiger partial charge in [-0.1, -0.05) is 66.0 Å². The molecule has 1 aliphatic carbocycles. The molecular formula is C23H28N2OS. The summed E-state index contributed by atoms with van der Waals surface area (Å²) in [5.41, 5.74) is 5.12. The van der Waals surface area contributed by atoms with Gasteiger partial charge in [0.25, 0.3) is 0 Å². The second kappa shape index (κ2) is 8.07. The monoisotopic (exact) mass is 380 g/mol. The van der Waals surface area contributed by atoms with Gasteiger partial charge in [0, 0.05) is 25.0 Å². The maximum Gasteiger partial charge on any atom is 0.226 e. The number of carbonyl (C=O) groups is 1. The maximum absolute atomic E-state index is 13.1. The standard InChI is InChI=1S/C23H28N2OS/c1-16-9-11-17(12-10-16)19-7-3-4-8-20(19)21-14-22(21)23(26)25-13-5-6-18(15-25)24-27-2/h3-4,7-12,18,21-22,24H,5-6,13-15H2,1-2H3. The lowest BCUT2D eigenvalue weighted by molar-refractivity contribution is -0.133. The van der Waals surface area contributed by atoms with E-state index in [-0.39, 0.29) is 5.92 Å². The van der Waals surface area contributed by atoms with E-state index in [1.165, 1.54) is 22.3 Å². The first-order valence-corrected chi connectivity index (χ1v) is 11.1. The molecule has 4 rings (SSSR count). The van der Waals surface area contributed by atoms with Crippen molar-refractivity contribution < 1.29 is 4.79 Å². The van der Waals surface area contributed by atoms with Gasteiger partial charge < -0.3 is 4.90 Å². The first-order chi connectivity index (χ1) is 13.2. The van der Waals surface area contributed by atoms with Gasteiger partial charge in [0.05, 0.1) is 0 Å². The minimum Gasteiger partial charge on any atom is -0.341 e. The predicted octanol–water partition coefficient (Wildman–Crippen LogP) is 4.62. The quantitative estimate of drug-likeness (QED) is 0.768. The first kappa shape index (κ1) is 18.6. The average molecular weight is 381 g/mol. The minimum absolute atomic E-state index is 0.157. The maximum atomic E-state index is 13.1. The number of hydrogen-bond acceptors (Lipinski definition) is 3. The van der Waals surface area contributed by atoms with Crippen LogP contribution in [-0.4, -0.2) is 36.2 Å². The summed E-state index contributed by atoms with van der Waals surface area (Å²) in [4.78, 5) is 15.2. The average Bonchev–Trinajstić information content (AvgIpc) is 3.49. The Morgan fingerprint density at radius 2 is 1.93 bits per heavy atom. The summed E-state index contributed by atoms with van der Waals surface area (Å²) >= 11 is 1.66. The fourth-order valence-corrected chi connectivity index (χ4v) is 4.83. The molecule has 27 heavy (non-hydrogen) atoms. The highest BCUT2D eigenvalue weighted by atomic mass is 32.2. The molecule has 1 amide bonds. The molecule has 1 N–H and O–H groups in total. The number of rotatable bonds is 5. The summed E-state index contributed by atoms with van der Waals surface area (Å²) in [5.74, 6) is 0.875. The summed E-state index contributed by atoms with van der Waals surface area (Å²) in [6.07, 6.45) is 5.30. The molecular weight excluding hydrogens is 352 g/mol. The van der Waals surface area contributed by atoms with Gasteiger partial charge in [0.1, 0.15) is 0 Å². The van der Waals surface area contributed by atoms with Crippen molar-refractivity contribution in [2.24, 2.45) is 5.92 Å². The topological polar surface area (TPSA) is 32.3 Å². The van der Waals surface area contributed by atoms with Gasteiger partial charge in [0.2, 0.25) is 5.91 Å². The van der Waals surface area contributed by atoms with Crippen molar-refractivity contribution >= 4 is 17.9 Å². The Balaban J connectivity index is 1.49. The van der Waals surface area contributed by atoms with Crippen molar-refractivity contribution in [3.63, 3.8) is 0 Å². The van der Waals surface area contributed by atoms with Crippen LogP contribution in [0.4, 0.5) is 0 Å². The van der Waals surface area contributed by atoms with E-state index >= 15 is 0 Å². The van der Waals surface area contributed by atoms with E-state index in [9.17, 15) is 4.79 Å². The van der Waals surface area contributed by atoms with Crippen LogP contribution in [0.5, 0.6) is 0 Å². The van der Waals surface area contributed by atoms with Crippen LogP contribution < -0.4 is 4.72 Å². The number of piperidine rings is 1. The molecule has 1 heterocycles. The molecule has 0 radical (unpaired) electrons. The largest absolute Gasteiger partial charge is 0.341 e. The molecule has 2 aromatic rings. The fraction of sp³-hybridized carbons (Fsp3) is 0.435. The zero-order valence-electron chi connectivity index (χ0n) is 16.2. The molecule has 1 aliphatic heterocycles. The third-order valence-corrected chi connectivity index (χ3v) is 6.42. The summed E-state index contributed by atoms with van der Waals surface area (Å²) in [6.45, 7) is 3.87. The Labute approximate surface area is 166 Å². The van der Waals surface area contributed by atoms with Gasteiger partial charge in [-0.05, 0) is 55.1 Å². The van der Waals surface area contributed by atoms with Crippen LogP contribution in [0.1, 0.15) is 36.3 Å². The lowest BCUT2D eigenvalue weighted by Gasteiger charge is -2.33. The fourth-order valence-electron chi connectivity index (χ4n) is 4.30. The molecule has 3 nitrogen and oxygen atoms in total. The van der Waals surface area contributed by atoms with E-state index in [4.69, 9.17) is 0 Å². The number of aryl methyl sites for hydroxylation is 1. The zero-order valence-corrected chi connectivity index (χ0v) is 17.0. The number of carbonyl (C=O) groups excluding carboxylic acids is 1. The minimum atomic E-state index is 0.157. The van der Waals surface area contributed by atoms with Crippen molar-refractivity contribution in [1.29, 1.82) is 0 Å². The molecule has 1 saturated carbocycles. The molecule has 2 aliphatic rings. The van der Waals surface area contributed by atoms with E-state index in [2.05, 4.69) is 71.3 Å². The molecule has 3 atom stereocenters. The van der Waals surface area contributed by atoms with Crippen LogP contribution in [0.3, 0.4) is 0 Å². The van der Waals surface area contributed by atoms with Crippen molar-refractivity contribution in [1.82, 2.24) is 9.62 Å². The van der Waals surface area contributed by atoms with E-state index in [1.54, 1.807) is 11.9 Å². The second-order valence-electron chi connectivity index (χ2n) is 7.85. The van der Waals surface area contributed by atoms with Gasteiger partial charge in [-0.15, -0.1) is 0 Å².